The Hall–Kier alpha value is -2.37. The standard InChI is InChI=1S/C26H36N2O3/c1-20-10-5-3-4-6-11-21(16-20)17-25(29)27-24(19-28-14-7-8-15-28)26(30)22-12-9-13-23(18-22)31-2/h3-5,9-10,12-13,18,21,24,26,30H,1,6-8,11,14-17,19H2,2H3,(H,27,29)/b4-3-,10-5-/t21?,24-,26-/m1/s1. The van der Waals surface area contributed by atoms with Crippen molar-refractivity contribution in [2.75, 3.05) is 26.7 Å². The van der Waals surface area contributed by atoms with Gasteiger partial charge < -0.3 is 20.1 Å². The van der Waals surface area contributed by atoms with Gasteiger partial charge in [-0.15, -0.1) is 0 Å². The summed E-state index contributed by atoms with van der Waals surface area (Å²) in [5, 5.41) is 14.3. The number of carbonyl (C=O) groups is 1. The number of amides is 1. The van der Waals surface area contributed by atoms with Crippen LogP contribution in [0.25, 0.3) is 0 Å². The zero-order valence-corrected chi connectivity index (χ0v) is 18.6. The van der Waals surface area contributed by atoms with Crippen molar-refractivity contribution in [3.63, 3.8) is 0 Å². The van der Waals surface area contributed by atoms with Crippen LogP contribution in [0, 0.1) is 5.92 Å². The molecule has 0 aromatic heterocycles. The number of aliphatic hydroxyl groups excluding tert-OH is 1. The van der Waals surface area contributed by atoms with E-state index in [-0.39, 0.29) is 17.9 Å². The van der Waals surface area contributed by atoms with Crippen molar-refractivity contribution in [3.8, 4) is 5.75 Å². The van der Waals surface area contributed by atoms with Crippen LogP contribution in [0.2, 0.25) is 0 Å². The Morgan fingerprint density at radius 3 is 2.90 bits per heavy atom. The summed E-state index contributed by atoms with van der Waals surface area (Å²) < 4.78 is 5.31. The lowest BCUT2D eigenvalue weighted by Crippen LogP contribution is -2.47. The van der Waals surface area contributed by atoms with Gasteiger partial charge in [0.2, 0.25) is 5.91 Å². The van der Waals surface area contributed by atoms with E-state index >= 15 is 0 Å². The number of rotatable bonds is 8. The van der Waals surface area contributed by atoms with E-state index in [0.29, 0.717) is 18.7 Å². The third-order valence-electron chi connectivity index (χ3n) is 6.16. The molecule has 2 N–H and O–H groups in total. The molecule has 1 saturated heterocycles. The topological polar surface area (TPSA) is 61.8 Å². The van der Waals surface area contributed by atoms with Crippen LogP contribution >= 0.6 is 0 Å². The minimum absolute atomic E-state index is 0.00357. The first-order valence-electron chi connectivity index (χ1n) is 11.4. The van der Waals surface area contributed by atoms with Gasteiger partial charge in [-0.1, -0.05) is 48.6 Å². The van der Waals surface area contributed by atoms with Crippen LogP contribution in [0.1, 0.15) is 50.2 Å². The van der Waals surface area contributed by atoms with Crippen molar-refractivity contribution < 1.29 is 14.6 Å². The van der Waals surface area contributed by atoms with E-state index in [1.165, 1.54) is 12.8 Å². The molecule has 1 fully saturated rings. The quantitative estimate of drug-likeness (QED) is 0.658. The Balaban J connectivity index is 1.67. The first-order chi connectivity index (χ1) is 15.0. The largest absolute Gasteiger partial charge is 0.497 e. The second-order valence-corrected chi connectivity index (χ2v) is 8.70. The van der Waals surface area contributed by atoms with Gasteiger partial charge in [-0.05, 0) is 68.8 Å². The number of allylic oxidation sites excluding steroid dienone is 5. The maximum absolute atomic E-state index is 13.0. The minimum Gasteiger partial charge on any atom is -0.497 e. The molecule has 1 aliphatic carbocycles. The van der Waals surface area contributed by atoms with Gasteiger partial charge in [-0.3, -0.25) is 4.79 Å². The first-order valence-corrected chi connectivity index (χ1v) is 11.4. The molecule has 5 nitrogen and oxygen atoms in total. The molecule has 0 saturated carbocycles. The lowest BCUT2D eigenvalue weighted by atomic mass is 9.91. The van der Waals surface area contributed by atoms with Crippen molar-refractivity contribution in [3.05, 3.63) is 66.3 Å². The molecule has 1 aliphatic heterocycles. The van der Waals surface area contributed by atoms with Crippen LogP contribution in [0.4, 0.5) is 0 Å². The van der Waals surface area contributed by atoms with Gasteiger partial charge in [0.25, 0.3) is 0 Å². The fraction of sp³-hybridized carbons (Fsp3) is 0.500. The molecule has 3 rings (SSSR count). The smallest absolute Gasteiger partial charge is 0.220 e. The summed E-state index contributed by atoms with van der Waals surface area (Å²) in [7, 11) is 1.62. The Labute approximate surface area is 186 Å². The molecular formula is C26H36N2O3. The van der Waals surface area contributed by atoms with Crippen LogP contribution in [0.3, 0.4) is 0 Å². The van der Waals surface area contributed by atoms with Gasteiger partial charge in [0, 0.05) is 13.0 Å². The van der Waals surface area contributed by atoms with Gasteiger partial charge in [-0.25, -0.2) is 0 Å². The molecule has 0 spiro atoms. The molecule has 5 heteroatoms. The first kappa shape index (κ1) is 23.3. The third kappa shape index (κ3) is 7.37. The molecule has 2 aliphatic rings. The molecule has 168 valence electrons. The second kappa shape index (κ2) is 11.9. The molecule has 1 amide bonds. The summed E-state index contributed by atoms with van der Waals surface area (Å²) in [6.45, 7) is 6.79. The van der Waals surface area contributed by atoms with E-state index in [2.05, 4.69) is 22.9 Å². The highest BCUT2D eigenvalue weighted by Gasteiger charge is 2.27. The van der Waals surface area contributed by atoms with Crippen molar-refractivity contribution >= 4 is 5.91 Å². The second-order valence-electron chi connectivity index (χ2n) is 8.70. The number of hydrogen-bond donors (Lipinski definition) is 2. The molecule has 1 aromatic rings. The number of nitrogens with one attached hydrogen (secondary N) is 1. The van der Waals surface area contributed by atoms with E-state index in [1.54, 1.807) is 7.11 Å². The predicted molar refractivity (Wildman–Crippen MR) is 125 cm³/mol. The van der Waals surface area contributed by atoms with E-state index in [4.69, 9.17) is 4.74 Å². The van der Waals surface area contributed by atoms with E-state index in [0.717, 1.165) is 43.5 Å². The molecule has 31 heavy (non-hydrogen) atoms. The van der Waals surface area contributed by atoms with Gasteiger partial charge in [0.05, 0.1) is 13.2 Å². The highest BCUT2D eigenvalue weighted by Crippen LogP contribution is 2.25. The van der Waals surface area contributed by atoms with Gasteiger partial charge in [0.1, 0.15) is 11.9 Å². The van der Waals surface area contributed by atoms with Crippen molar-refractivity contribution in [1.82, 2.24) is 10.2 Å². The number of aliphatic hydroxyl groups is 1. The molecule has 1 aromatic carbocycles. The maximum atomic E-state index is 13.0. The summed E-state index contributed by atoms with van der Waals surface area (Å²) >= 11 is 0. The Bertz CT molecular complexity index is 796. The molecule has 1 heterocycles. The zero-order chi connectivity index (χ0) is 22.1. The maximum Gasteiger partial charge on any atom is 0.220 e. The predicted octanol–water partition coefficient (Wildman–Crippen LogP) is 4.17. The Morgan fingerprint density at radius 1 is 1.32 bits per heavy atom. The fourth-order valence-electron chi connectivity index (χ4n) is 4.47. The number of hydrogen-bond acceptors (Lipinski definition) is 4. The van der Waals surface area contributed by atoms with Gasteiger partial charge in [0.15, 0.2) is 0 Å². The minimum atomic E-state index is -0.791. The van der Waals surface area contributed by atoms with E-state index in [1.807, 2.05) is 42.5 Å². The van der Waals surface area contributed by atoms with Crippen LogP contribution in [0.5, 0.6) is 5.75 Å². The van der Waals surface area contributed by atoms with Crippen molar-refractivity contribution in [1.29, 1.82) is 0 Å². The highest BCUT2D eigenvalue weighted by molar-refractivity contribution is 5.76. The normalized spacial score (nSPS) is 23.8. The van der Waals surface area contributed by atoms with E-state index < -0.39 is 6.10 Å². The summed E-state index contributed by atoms with van der Waals surface area (Å²) in [6, 6.07) is 7.09. The summed E-state index contributed by atoms with van der Waals surface area (Å²) in [5.74, 6) is 0.949. The SMILES string of the molecule is C=C1/C=C\C=C/CCC(CC(=O)N[C@H](CN2CCCC2)[C@H](O)c2cccc(OC)c2)C1. The lowest BCUT2D eigenvalue weighted by Gasteiger charge is -2.29. The zero-order valence-electron chi connectivity index (χ0n) is 18.6. The number of likely N-dealkylation sites (tertiary alicyclic amines) is 1. The molecule has 0 bridgehead atoms. The Morgan fingerprint density at radius 2 is 2.13 bits per heavy atom. The van der Waals surface area contributed by atoms with Crippen LogP contribution in [-0.4, -0.2) is 48.7 Å². The number of ether oxygens (including phenoxy) is 1. The lowest BCUT2D eigenvalue weighted by molar-refractivity contribution is -0.123. The van der Waals surface area contributed by atoms with Crippen molar-refractivity contribution in [2.24, 2.45) is 5.92 Å². The number of nitrogens with zero attached hydrogens (tertiary/aromatic N) is 1. The van der Waals surface area contributed by atoms with Gasteiger partial charge in [-0.2, -0.15) is 0 Å². The summed E-state index contributed by atoms with van der Waals surface area (Å²) in [6.07, 6.45) is 13.0. The van der Waals surface area contributed by atoms with E-state index in [9.17, 15) is 9.90 Å². The van der Waals surface area contributed by atoms with Crippen LogP contribution in [0.15, 0.2) is 60.7 Å². The average molecular weight is 425 g/mol. The number of methoxy groups -OCH3 is 1. The molecule has 1 unspecified atom stereocenters. The number of benzene rings is 1. The Kier molecular flexibility index (Phi) is 8.92. The number of carbonyl (C=O) groups excluding carboxylic acids is 1. The molecule has 0 radical (unpaired) electrons. The average Bonchev–Trinajstić information content (AvgIpc) is 3.30. The molecular weight excluding hydrogens is 388 g/mol. The highest BCUT2D eigenvalue weighted by atomic mass is 16.5. The van der Waals surface area contributed by atoms with Crippen molar-refractivity contribution in [2.45, 2.75) is 50.7 Å². The summed E-state index contributed by atoms with van der Waals surface area (Å²) in [4.78, 5) is 15.3. The van der Waals surface area contributed by atoms with Gasteiger partial charge >= 0.3 is 0 Å². The third-order valence-corrected chi connectivity index (χ3v) is 6.16. The molecule has 3 atom stereocenters. The van der Waals surface area contributed by atoms with Crippen LogP contribution < -0.4 is 10.1 Å². The summed E-state index contributed by atoms with van der Waals surface area (Å²) in [5.41, 5.74) is 1.81. The van der Waals surface area contributed by atoms with Crippen LogP contribution in [-0.2, 0) is 4.79 Å². The fourth-order valence-corrected chi connectivity index (χ4v) is 4.47. The monoisotopic (exact) mass is 424 g/mol.